The molecule has 126 valence electrons. The highest BCUT2D eigenvalue weighted by Gasteiger charge is 2.11. The fourth-order valence-electron chi connectivity index (χ4n) is 2.28. The highest BCUT2D eigenvalue weighted by molar-refractivity contribution is 6.31. The van der Waals surface area contributed by atoms with Crippen molar-refractivity contribution < 1.29 is 14.3 Å². The van der Waals surface area contributed by atoms with Crippen LogP contribution in [0.25, 0.3) is 0 Å². The molecular weight excluding hydrogens is 326 g/mol. The van der Waals surface area contributed by atoms with Crippen LogP contribution in [-0.2, 0) is 20.9 Å². The van der Waals surface area contributed by atoms with Crippen LogP contribution in [0.4, 0.5) is 5.69 Å². The lowest BCUT2D eigenvalue weighted by molar-refractivity contribution is -0.145. The van der Waals surface area contributed by atoms with Gasteiger partial charge in [-0.25, -0.2) is 0 Å². The first-order valence-electron chi connectivity index (χ1n) is 7.72. The van der Waals surface area contributed by atoms with Gasteiger partial charge in [0.25, 0.3) is 0 Å². The van der Waals surface area contributed by atoms with E-state index in [4.69, 9.17) is 16.3 Å². The Morgan fingerprint density at radius 1 is 1.00 bits per heavy atom. The van der Waals surface area contributed by atoms with Crippen LogP contribution in [0.3, 0.4) is 0 Å². The number of carbonyl (C=O) groups excluding carboxylic acids is 2. The van der Waals surface area contributed by atoms with E-state index in [0.29, 0.717) is 5.02 Å². The molecule has 0 aliphatic rings. The fraction of sp³-hybridized carbons (Fsp3) is 0.263. The number of hydrogen-bond donors (Lipinski definition) is 1. The normalized spacial score (nSPS) is 10.3. The smallest absolute Gasteiger partial charge is 0.306 e. The zero-order valence-electron chi connectivity index (χ0n) is 13.8. The van der Waals surface area contributed by atoms with Crippen molar-refractivity contribution in [2.45, 2.75) is 33.3 Å². The lowest BCUT2D eigenvalue weighted by atomic mass is 10.1. The topological polar surface area (TPSA) is 55.4 Å². The van der Waals surface area contributed by atoms with E-state index in [1.165, 1.54) is 0 Å². The molecule has 1 amide bonds. The molecule has 0 spiro atoms. The van der Waals surface area contributed by atoms with Crippen LogP contribution in [0.2, 0.25) is 5.02 Å². The molecule has 0 saturated heterocycles. The molecule has 0 atom stereocenters. The molecule has 2 aromatic carbocycles. The van der Waals surface area contributed by atoms with Gasteiger partial charge in [0.05, 0.1) is 6.42 Å². The maximum absolute atomic E-state index is 12.0. The molecule has 24 heavy (non-hydrogen) atoms. The predicted octanol–water partition coefficient (Wildman–Crippen LogP) is 4.42. The van der Waals surface area contributed by atoms with Crippen LogP contribution in [0, 0.1) is 13.8 Å². The molecule has 0 heterocycles. The van der Waals surface area contributed by atoms with E-state index in [9.17, 15) is 9.59 Å². The Balaban J connectivity index is 1.79. The number of anilines is 1. The summed E-state index contributed by atoms with van der Waals surface area (Å²) in [5.41, 5.74) is 3.52. The third kappa shape index (κ3) is 5.10. The number of nitrogens with one attached hydrogen (secondary N) is 1. The third-order valence-electron chi connectivity index (χ3n) is 3.65. The summed E-state index contributed by atoms with van der Waals surface area (Å²) in [6, 6.07) is 13.0. The molecule has 0 aromatic heterocycles. The Morgan fingerprint density at radius 2 is 1.67 bits per heavy atom. The summed E-state index contributed by atoms with van der Waals surface area (Å²) in [6.07, 6.45) is 0.107. The van der Waals surface area contributed by atoms with Crippen molar-refractivity contribution >= 4 is 29.2 Å². The first kappa shape index (κ1) is 18.0. The summed E-state index contributed by atoms with van der Waals surface area (Å²) < 4.78 is 5.15. The Morgan fingerprint density at radius 3 is 2.33 bits per heavy atom. The molecule has 2 aromatic rings. The van der Waals surface area contributed by atoms with E-state index in [1.807, 2.05) is 44.2 Å². The van der Waals surface area contributed by atoms with Crippen LogP contribution in [-0.4, -0.2) is 11.9 Å². The summed E-state index contributed by atoms with van der Waals surface area (Å²) in [6.45, 7) is 3.97. The number of para-hydroxylation sites is 1. The van der Waals surface area contributed by atoms with Gasteiger partial charge in [-0.15, -0.1) is 0 Å². The van der Waals surface area contributed by atoms with Crippen LogP contribution in [0.1, 0.15) is 29.5 Å². The predicted molar refractivity (Wildman–Crippen MR) is 95.0 cm³/mol. The largest absolute Gasteiger partial charge is 0.461 e. The number of halogens is 1. The van der Waals surface area contributed by atoms with Gasteiger partial charge < -0.3 is 10.1 Å². The Bertz CT molecular complexity index is 723. The highest BCUT2D eigenvalue weighted by atomic mass is 35.5. The standard InChI is InChI=1S/C19H20ClNO3/c1-13-6-5-7-14(2)19(13)21-17(22)10-11-18(23)24-12-15-8-3-4-9-16(15)20/h3-9H,10-12H2,1-2H3,(H,21,22). The number of ether oxygens (including phenoxy) is 1. The van der Waals surface area contributed by atoms with Gasteiger partial charge in [-0.05, 0) is 31.0 Å². The van der Waals surface area contributed by atoms with Gasteiger partial charge in [-0.1, -0.05) is 48.0 Å². The molecule has 0 aliphatic heterocycles. The Kier molecular flexibility index (Phi) is 6.38. The number of amides is 1. The van der Waals surface area contributed by atoms with Crippen molar-refractivity contribution in [1.29, 1.82) is 0 Å². The minimum absolute atomic E-state index is 0.0290. The van der Waals surface area contributed by atoms with Crippen molar-refractivity contribution in [3.8, 4) is 0 Å². The average molecular weight is 346 g/mol. The van der Waals surface area contributed by atoms with Crippen LogP contribution in [0.15, 0.2) is 42.5 Å². The second-order valence-electron chi connectivity index (χ2n) is 5.57. The zero-order chi connectivity index (χ0) is 17.5. The van der Waals surface area contributed by atoms with E-state index in [-0.39, 0.29) is 25.4 Å². The van der Waals surface area contributed by atoms with Crippen LogP contribution in [0.5, 0.6) is 0 Å². The van der Waals surface area contributed by atoms with Crippen LogP contribution < -0.4 is 5.32 Å². The van der Waals surface area contributed by atoms with Gasteiger partial charge in [0, 0.05) is 22.7 Å². The second-order valence-corrected chi connectivity index (χ2v) is 5.97. The van der Waals surface area contributed by atoms with E-state index in [2.05, 4.69) is 5.32 Å². The van der Waals surface area contributed by atoms with Gasteiger partial charge in [-0.2, -0.15) is 0 Å². The first-order chi connectivity index (χ1) is 11.5. The molecule has 0 fully saturated rings. The molecule has 1 N–H and O–H groups in total. The van der Waals surface area contributed by atoms with Gasteiger partial charge >= 0.3 is 5.97 Å². The first-order valence-corrected chi connectivity index (χ1v) is 8.10. The Labute approximate surface area is 146 Å². The van der Waals surface area contributed by atoms with Gasteiger partial charge in [0.1, 0.15) is 6.61 Å². The van der Waals surface area contributed by atoms with Crippen LogP contribution >= 0.6 is 11.6 Å². The summed E-state index contributed by atoms with van der Waals surface area (Å²) in [5, 5.41) is 3.40. The van der Waals surface area contributed by atoms with Gasteiger partial charge in [0.15, 0.2) is 0 Å². The van der Waals surface area contributed by atoms with Gasteiger partial charge in [-0.3, -0.25) is 9.59 Å². The lowest BCUT2D eigenvalue weighted by Crippen LogP contribution is -2.16. The molecular formula is C19H20ClNO3. The molecule has 0 unspecified atom stereocenters. The maximum atomic E-state index is 12.0. The van der Waals surface area contributed by atoms with E-state index < -0.39 is 5.97 Å². The zero-order valence-corrected chi connectivity index (χ0v) is 14.5. The Hall–Kier alpha value is -2.33. The summed E-state index contributed by atoms with van der Waals surface area (Å²) in [5.74, 6) is -0.631. The van der Waals surface area contributed by atoms with E-state index in [0.717, 1.165) is 22.4 Å². The number of aryl methyl sites for hydroxylation is 2. The number of esters is 1. The number of benzene rings is 2. The highest BCUT2D eigenvalue weighted by Crippen LogP contribution is 2.20. The van der Waals surface area contributed by atoms with E-state index in [1.54, 1.807) is 12.1 Å². The monoisotopic (exact) mass is 345 g/mol. The molecule has 0 radical (unpaired) electrons. The van der Waals surface area contributed by atoms with Gasteiger partial charge in [0.2, 0.25) is 5.91 Å². The number of hydrogen-bond acceptors (Lipinski definition) is 3. The average Bonchev–Trinajstić information content (AvgIpc) is 2.56. The molecule has 5 heteroatoms. The number of rotatable bonds is 6. The third-order valence-corrected chi connectivity index (χ3v) is 4.02. The molecule has 0 aliphatic carbocycles. The van der Waals surface area contributed by atoms with Crippen molar-refractivity contribution in [3.63, 3.8) is 0 Å². The summed E-state index contributed by atoms with van der Waals surface area (Å²) >= 11 is 6.00. The molecule has 4 nitrogen and oxygen atoms in total. The minimum Gasteiger partial charge on any atom is -0.461 e. The fourth-order valence-corrected chi connectivity index (χ4v) is 2.47. The van der Waals surface area contributed by atoms with Crippen molar-refractivity contribution in [2.24, 2.45) is 0 Å². The molecule has 0 bridgehead atoms. The van der Waals surface area contributed by atoms with E-state index >= 15 is 0 Å². The van der Waals surface area contributed by atoms with Crippen molar-refractivity contribution in [3.05, 3.63) is 64.2 Å². The number of carbonyl (C=O) groups is 2. The summed E-state index contributed by atoms with van der Waals surface area (Å²) in [7, 11) is 0. The lowest BCUT2D eigenvalue weighted by Gasteiger charge is -2.11. The molecule has 0 saturated carbocycles. The SMILES string of the molecule is Cc1cccc(C)c1NC(=O)CCC(=O)OCc1ccccc1Cl. The summed E-state index contributed by atoms with van der Waals surface area (Å²) in [4.78, 5) is 23.8. The minimum atomic E-state index is -0.424. The van der Waals surface area contributed by atoms with Crippen molar-refractivity contribution in [1.82, 2.24) is 0 Å². The quantitative estimate of drug-likeness (QED) is 0.788. The molecule has 2 rings (SSSR count). The van der Waals surface area contributed by atoms with Crippen molar-refractivity contribution in [2.75, 3.05) is 5.32 Å². The maximum Gasteiger partial charge on any atom is 0.306 e. The second kappa shape index (κ2) is 8.50.